The number of halogens is 2. The van der Waals surface area contributed by atoms with Gasteiger partial charge >= 0.3 is 40.0 Å². The third-order valence-electron chi connectivity index (χ3n) is 5.20. The summed E-state index contributed by atoms with van der Waals surface area (Å²) in [5.41, 5.74) is 1.84. The molecule has 5 N–H and O–H groups in total. The van der Waals surface area contributed by atoms with Gasteiger partial charge in [-0.15, -0.1) is 0 Å². The number of hydrogen-bond acceptors (Lipinski definition) is 7. The normalized spacial score (nSPS) is 25.5. The Morgan fingerprint density at radius 1 is 1.00 bits per heavy atom. The van der Waals surface area contributed by atoms with Crippen molar-refractivity contribution in [3.63, 3.8) is 0 Å². The number of aliphatic hydroxyl groups is 1. The Hall–Kier alpha value is -0.245. The fraction of sp³-hybridized carbons (Fsp3) is 0.455. The van der Waals surface area contributed by atoms with Crippen molar-refractivity contribution in [3.8, 4) is 0 Å². The van der Waals surface area contributed by atoms with E-state index in [1.165, 1.54) is 0 Å². The fourth-order valence-electron chi connectivity index (χ4n) is 3.58. The first-order chi connectivity index (χ1) is 15.9. The van der Waals surface area contributed by atoms with Crippen LogP contribution in [0.2, 0.25) is 10.0 Å². The van der Waals surface area contributed by atoms with Gasteiger partial charge in [-0.25, -0.2) is 0 Å². The molecular weight excluding hydrogens is 541 g/mol. The predicted molar refractivity (Wildman–Crippen MR) is 137 cm³/mol. The Morgan fingerprint density at radius 3 is 2.08 bits per heavy atom. The summed E-state index contributed by atoms with van der Waals surface area (Å²) in [5, 5.41) is 18.3. The fourth-order valence-corrected chi connectivity index (χ4v) is 3.97. The summed E-state index contributed by atoms with van der Waals surface area (Å²) in [6.45, 7) is 6.96. The van der Waals surface area contributed by atoms with E-state index in [4.69, 9.17) is 50.2 Å². The molecule has 0 aliphatic carbocycles. The second kappa shape index (κ2) is 16.7. The molecule has 195 valence electrons. The van der Waals surface area contributed by atoms with Gasteiger partial charge in [0.15, 0.2) is 0 Å². The maximum absolute atomic E-state index is 10.4. The van der Waals surface area contributed by atoms with Crippen LogP contribution in [0.5, 0.6) is 0 Å². The molecular formula is C22H31BCl2N2NaO7S. The molecule has 2 aromatic rings. The van der Waals surface area contributed by atoms with Crippen molar-refractivity contribution in [3.05, 3.63) is 69.7 Å². The molecule has 0 amide bonds. The average molecular weight is 572 g/mol. The summed E-state index contributed by atoms with van der Waals surface area (Å²) in [6.07, 6.45) is 0.127. The molecule has 2 aliphatic heterocycles. The summed E-state index contributed by atoms with van der Waals surface area (Å²) in [6, 6.07) is 15.2. The Labute approximate surface area is 248 Å². The van der Waals surface area contributed by atoms with Gasteiger partial charge in [-0.3, -0.25) is 9.11 Å². The van der Waals surface area contributed by atoms with E-state index >= 15 is 0 Å². The molecule has 3 radical (unpaired) electrons. The van der Waals surface area contributed by atoms with Crippen LogP contribution in [-0.2, 0) is 25.7 Å². The Morgan fingerprint density at radius 2 is 1.56 bits per heavy atom. The van der Waals surface area contributed by atoms with Crippen LogP contribution >= 0.6 is 23.2 Å². The van der Waals surface area contributed by atoms with E-state index < -0.39 is 16.2 Å². The first kappa shape index (κ1) is 35.8. The minimum Gasteiger partial charge on any atom is -1.00 e. The first-order valence-electron chi connectivity index (χ1n) is 10.6. The Bertz CT molecular complexity index is 1040. The maximum atomic E-state index is 10.4. The molecule has 2 aromatic carbocycles. The summed E-state index contributed by atoms with van der Waals surface area (Å²) in [4.78, 5) is 0. The number of morpholine rings is 2. The van der Waals surface area contributed by atoms with Gasteiger partial charge in [-0.2, -0.15) is 8.42 Å². The second-order valence-electron chi connectivity index (χ2n) is 7.77. The monoisotopic (exact) mass is 571 g/mol. The van der Waals surface area contributed by atoms with Crippen LogP contribution in [0.3, 0.4) is 0 Å². The van der Waals surface area contributed by atoms with Crippen molar-refractivity contribution >= 4 is 42.0 Å². The van der Waals surface area contributed by atoms with Crippen molar-refractivity contribution < 1.29 is 63.1 Å². The van der Waals surface area contributed by atoms with Crippen molar-refractivity contribution in [1.29, 1.82) is 0 Å². The van der Waals surface area contributed by atoms with Gasteiger partial charge in [-0.05, 0) is 43.7 Å². The number of rotatable bonds is 2. The zero-order valence-electron chi connectivity index (χ0n) is 21.4. The largest absolute Gasteiger partial charge is 1.00 e. The number of hydrogen-bond donors (Lipinski definition) is 5. The first-order valence-corrected chi connectivity index (χ1v) is 12.7. The Kier molecular flexibility index (Phi) is 16.5. The van der Waals surface area contributed by atoms with Gasteiger partial charge in [0.05, 0.1) is 25.4 Å². The third-order valence-corrected chi connectivity index (χ3v) is 5.67. The molecule has 2 saturated heterocycles. The molecule has 4 rings (SSSR count). The quantitative estimate of drug-likeness (QED) is 0.248. The predicted octanol–water partition coefficient (Wildman–Crippen LogP) is -0.0343. The van der Waals surface area contributed by atoms with E-state index in [-0.39, 0.29) is 51.5 Å². The molecule has 0 aromatic heterocycles. The van der Waals surface area contributed by atoms with Gasteiger partial charge in [0.2, 0.25) is 5.79 Å². The van der Waals surface area contributed by atoms with Crippen LogP contribution < -0.4 is 40.2 Å². The standard InChI is InChI=1S/C11H14ClNO2.C11H14ClNO.B.Na.H2O4S.H/c1-8-11(14,15-6-5-13-8)9-3-2-4-10(12)7-9;1-8-11(14-6-5-13-8)9-3-2-4-10(12)7-9;;;1-5(2,3)4;/h2-4,7-8,13-14H,5-6H2,1H3;2-4,7-8,11,13H,5-6H2,1H3;;;(H2,1,2,3,4);/q;;;+1;;-1. The van der Waals surface area contributed by atoms with Crippen LogP contribution in [0, 0.1) is 0 Å². The van der Waals surface area contributed by atoms with E-state index in [0.29, 0.717) is 23.2 Å². The molecule has 36 heavy (non-hydrogen) atoms. The summed E-state index contributed by atoms with van der Waals surface area (Å²) in [7, 11) is -4.67. The molecule has 0 saturated carbocycles. The minimum absolute atomic E-state index is 0. The van der Waals surface area contributed by atoms with Gasteiger partial charge in [-0.1, -0.05) is 47.5 Å². The molecule has 0 bridgehead atoms. The number of benzene rings is 2. The Balaban J connectivity index is 0. The molecule has 14 heteroatoms. The SMILES string of the molecule is CC1NCCOC1(O)c1cccc(Cl)c1.CC1NCCOC1c1cccc(Cl)c1.O=S(=O)(O)O.[B].[H-].[Na+]. The van der Waals surface area contributed by atoms with Crippen molar-refractivity contribution in [2.45, 2.75) is 37.8 Å². The van der Waals surface area contributed by atoms with E-state index in [1.54, 1.807) is 18.2 Å². The van der Waals surface area contributed by atoms with E-state index in [9.17, 15) is 5.11 Å². The van der Waals surface area contributed by atoms with Crippen molar-refractivity contribution in [2.75, 3.05) is 26.3 Å². The average Bonchev–Trinajstić information content (AvgIpc) is 2.76. The maximum Gasteiger partial charge on any atom is 1.00 e. The van der Waals surface area contributed by atoms with Gasteiger partial charge in [0.1, 0.15) is 0 Å². The summed E-state index contributed by atoms with van der Waals surface area (Å²) in [5.74, 6) is -1.27. The smallest absolute Gasteiger partial charge is 1.00 e. The minimum atomic E-state index is -4.67. The topological polar surface area (TPSA) is 137 Å². The van der Waals surface area contributed by atoms with Crippen LogP contribution in [-0.4, -0.2) is 69.4 Å². The molecule has 2 fully saturated rings. The van der Waals surface area contributed by atoms with Crippen LogP contribution in [0.15, 0.2) is 48.5 Å². The van der Waals surface area contributed by atoms with Crippen LogP contribution in [0.4, 0.5) is 0 Å². The van der Waals surface area contributed by atoms with Crippen LogP contribution in [0.1, 0.15) is 32.5 Å². The van der Waals surface area contributed by atoms with Crippen LogP contribution in [0.25, 0.3) is 0 Å². The summed E-state index contributed by atoms with van der Waals surface area (Å²) < 4.78 is 42.7. The molecule has 2 aliphatic rings. The van der Waals surface area contributed by atoms with Gasteiger partial charge < -0.3 is 26.6 Å². The molecule has 9 nitrogen and oxygen atoms in total. The molecule has 4 atom stereocenters. The third kappa shape index (κ3) is 12.1. The van der Waals surface area contributed by atoms with E-state index in [2.05, 4.69) is 23.6 Å². The molecule has 0 spiro atoms. The number of ether oxygens (including phenoxy) is 2. The zero-order valence-corrected chi connectivity index (χ0v) is 24.7. The van der Waals surface area contributed by atoms with Crippen molar-refractivity contribution in [2.24, 2.45) is 0 Å². The van der Waals surface area contributed by atoms with E-state index in [1.807, 2.05) is 31.2 Å². The van der Waals surface area contributed by atoms with E-state index in [0.717, 1.165) is 30.3 Å². The molecule has 4 unspecified atom stereocenters. The van der Waals surface area contributed by atoms with Gasteiger partial charge in [0.25, 0.3) is 0 Å². The van der Waals surface area contributed by atoms with Gasteiger partial charge in [0, 0.05) is 43.2 Å². The number of nitrogens with one attached hydrogen (secondary N) is 2. The second-order valence-corrected chi connectivity index (χ2v) is 9.54. The summed E-state index contributed by atoms with van der Waals surface area (Å²) >= 11 is 11.8. The molecule has 2 heterocycles. The zero-order chi connectivity index (χ0) is 25.4. The van der Waals surface area contributed by atoms with Crippen molar-refractivity contribution in [1.82, 2.24) is 10.6 Å².